The highest BCUT2D eigenvalue weighted by Crippen LogP contribution is 2.28. The number of hydrogen-bond donors (Lipinski definition) is 2. The summed E-state index contributed by atoms with van der Waals surface area (Å²) in [4.78, 5) is 22.9. The van der Waals surface area contributed by atoms with Crippen molar-refractivity contribution in [3.05, 3.63) is 53.5 Å². The van der Waals surface area contributed by atoms with Crippen molar-refractivity contribution >= 4 is 11.8 Å². The number of nitrogens with one attached hydrogen (secondary N) is 1. The molecule has 0 radical (unpaired) electrons. The first-order valence-electron chi connectivity index (χ1n) is 11.3. The third kappa shape index (κ3) is 6.64. The lowest BCUT2D eigenvalue weighted by Crippen LogP contribution is -2.49. The first-order valence-corrected chi connectivity index (χ1v) is 11.3. The van der Waals surface area contributed by atoms with Gasteiger partial charge in [-0.15, -0.1) is 0 Å². The normalized spacial score (nSPS) is 22.4. The van der Waals surface area contributed by atoms with Crippen molar-refractivity contribution in [3.63, 3.8) is 0 Å². The molecule has 2 N–H and O–H groups in total. The minimum absolute atomic E-state index is 0.0979. The van der Waals surface area contributed by atoms with Crippen LogP contribution >= 0.6 is 0 Å². The van der Waals surface area contributed by atoms with Crippen LogP contribution < -0.4 is 5.32 Å². The molecule has 34 heavy (non-hydrogen) atoms. The molecule has 0 aliphatic carbocycles. The number of ether oxygens (including phenoxy) is 1. The minimum Gasteiger partial charge on any atom is -0.478 e. The molecule has 0 saturated carbocycles. The number of anilines is 1. The highest BCUT2D eigenvalue weighted by atomic mass is 19.4. The predicted octanol–water partition coefficient (Wildman–Crippen LogP) is 2.97. The van der Waals surface area contributed by atoms with Crippen molar-refractivity contribution in [2.45, 2.75) is 37.7 Å². The Hall–Kier alpha value is -2.76. The molecule has 0 bridgehead atoms. The Kier molecular flexibility index (Phi) is 7.64. The number of carboxylic acid groups (broad SMARTS) is 1. The third-order valence-electron chi connectivity index (χ3n) is 6.18. The van der Waals surface area contributed by atoms with Gasteiger partial charge in [0.25, 0.3) is 0 Å². The number of nitrogens with zero attached hydrogens (tertiary/aromatic N) is 4. The summed E-state index contributed by atoms with van der Waals surface area (Å²) < 4.78 is 44.4. The van der Waals surface area contributed by atoms with Gasteiger partial charge in [0.1, 0.15) is 5.82 Å². The molecule has 2 aliphatic rings. The molecule has 0 spiro atoms. The van der Waals surface area contributed by atoms with Gasteiger partial charge in [0.05, 0.1) is 36.7 Å². The molecule has 11 heteroatoms. The highest BCUT2D eigenvalue weighted by molar-refractivity contribution is 5.87. The Morgan fingerprint density at radius 3 is 2.41 bits per heavy atom. The molecule has 2 aliphatic heterocycles. The van der Waals surface area contributed by atoms with Gasteiger partial charge in [-0.1, -0.05) is 12.1 Å². The Morgan fingerprint density at radius 1 is 1.09 bits per heavy atom. The van der Waals surface area contributed by atoms with Crippen LogP contribution in [-0.2, 0) is 17.5 Å². The van der Waals surface area contributed by atoms with Crippen LogP contribution in [0.5, 0.6) is 0 Å². The van der Waals surface area contributed by atoms with Gasteiger partial charge in [-0.05, 0) is 30.5 Å². The van der Waals surface area contributed by atoms with Crippen LogP contribution in [0, 0.1) is 0 Å². The Balaban J connectivity index is 1.17. The monoisotopic (exact) mass is 479 g/mol. The van der Waals surface area contributed by atoms with E-state index in [2.05, 4.69) is 25.1 Å². The zero-order chi connectivity index (χ0) is 24.1. The summed E-state index contributed by atoms with van der Waals surface area (Å²) in [7, 11) is 0. The molecular formula is C23H28F3N5O3. The maximum absolute atomic E-state index is 12.8. The number of hydrogen-bond acceptors (Lipinski definition) is 7. The number of aromatic nitrogens is 2. The van der Waals surface area contributed by atoms with E-state index in [0.717, 1.165) is 57.7 Å². The number of piperazine rings is 1. The van der Waals surface area contributed by atoms with Gasteiger partial charge in [-0.2, -0.15) is 13.2 Å². The summed E-state index contributed by atoms with van der Waals surface area (Å²) in [6.07, 6.45) is -0.807. The van der Waals surface area contributed by atoms with Crippen molar-refractivity contribution in [3.8, 4) is 0 Å². The fourth-order valence-electron chi connectivity index (χ4n) is 4.27. The van der Waals surface area contributed by atoms with Crippen molar-refractivity contribution in [1.29, 1.82) is 0 Å². The first kappa shape index (κ1) is 24.4. The van der Waals surface area contributed by atoms with Gasteiger partial charge in [-0.3, -0.25) is 14.8 Å². The molecule has 2 saturated heterocycles. The summed E-state index contributed by atoms with van der Waals surface area (Å²) in [6.45, 7) is 5.73. The van der Waals surface area contributed by atoms with Crippen molar-refractivity contribution in [2.24, 2.45) is 0 Å². The molecular weight excluding hydrogens is 451 g/mol. The zero-order valence-electron chi connectivity index (χ0n) is 18.7. The van der Waals surface area contributed by atoms with E-state index in [9.17, 15) is 18.0 Å². The van der Waals surface area contributed by atoms with Gasteiger partial charge in [0.15, 0.2) is 5.69 Å². The van der Waals surface area contributed by atoms with Crippen molar-refractivity contribution in [2.75, 3.05) is 44.6 Å². The Labute approximate surface area is 195 Å². The standard InChI is InChI=1S/C23H28F3N5O3/c24-23(25,26)20-11-27-12-21(29-20)28-18-5-6-19(34-15-18)14-31-9-7-30(8-10-31)13-16-1-3-17(4-2-16)22(32)33/h1-4,11-12,18-19H,5-10,13-15H2,(H,28,29)(H,32,33)/t18-,19+/m1/s1. The molecule has 0 amide bonds. The molecule has 1 aromatic carbocycles. The second kappa shape index (κ2) is 10.7. The van der Waals surface area contributed by atoms with Crippen molar-refractivity contribution < 1.29 is 27.8 Å². The number of aromatic carboxylic acids is 1. The minimum atomic E-state index is -4.52. The van der Waals surface area contributed by atoms with Crippen LogP contribution in [0.1, 0.15) is 34.5 Å². The second-order valence-electron chi connectivity index (χ2n) is 8.74. The van der Waals surface area contributed by atoms with Crippen LogP contribution in [0.3, 0.4) is 0 Å². The van der Waals surface area contributed by atoms with Crippen LogP contribution in [-0.4, -0.2) is 82.3 Å². The maximum Gasteiger partial charge on any atom is 0.434 e. The van der Waals surface area contributed by atoms with E-state index in [-0.39, 0.29) is 18.0 Å². The van der Waals surface area contributed by atoms with Crippen LogP contribution in [0.4, 0.5) is 19.0 Å². The number of alkyl halides is 3. The molecule has 2 aromatic rings. The number of carbonyl (C=O) groups is 1. The number of halogens is 3. The Bertz CT molecular complexity index is 957. The topological polar surface area (TPSA) is 90.8 Å². The number of rotatable bonds is 7. The largest absolute Gasteiger partial charge is 0.478 e. The van der Waals surface area contributed by atoms with Crippen LogP contribution in [0.25, 0.3) is 0 Å². The number of benzene rings is 1. The number of carboxylic acids is 1. The average molecular weight is 480 g/mol. The Morgan fingerprint density at radius 2 is 1.79 bits per heavy atom. The van der Waals surface area contributed by atoms with Gasteiger partial charge in [-0.25, -0.2) is 9.78 Å². The highest BCUT2D eigenvalue weighted by Gasteiger charge is 2.33. The molecule has 2 fully saturated rings. The van der Waals surface area contributed by atoms with E-state index in [1.807, 2.05) is 12.1 Å². The van der Waals surface area contributed by atoms with E-state index in [1.54, 1.807) is 12.1 Å². The maximum atomic E-state index is 12.8. The molecule has 4 rings (SSSR count). The van der Waals surface area contributed by atoms with Gasteiger partial charge < -0.3 is 15.2 Å². The average Bonchev–Trinajstić information content (AvgIpc) is 2.82. The molecule has 0 unspecified atom stereocenters. The fraction of sp³-hybridized carbons (Fsp3) is 0.522. The van der Waals surface area contributed by atoms with E-state index in [4.69, 9.17) is 9.84 Å². The van der Waals surface area contributed by atoms with Gasteiger partial charge in [0, 0.05) is 39.3 Å². The van der Waals surface area contributed by atoms with E-state index in [1.165, 1.54) is 6.20 Å². The van der Waals surface area contributed by atoms with E-state index >= 15 is 0 Å². The smallest absolute Gasteiger partial charge is 0.434 e. The first-order chi connectivity index (χ1) is 16.3. The van der Waals surface area contributed by atoms with Gasteiger partial charge in [0.2, 0.25) is 0 Å². The fourth-order valence-corrected chi connectivity index (χ4v) is 4.27. The molecule has 3 heterocycles. The lowest BCUT2D eigenvalue weighted by molar-refractivity contribution is -0.141. The second-order valence-corrected chi connectivity index (χ2v) is 8.74. The SMILES string of the molecule is O=C(O)c1ccc(CN2CCN(C[C@@H]3CC[C@@H](Nc4cncc(C(F)(F)F)n4)CO3)CC2)cc1. The van der Waals surface area contributed by atoms with Crippen molar-refractivity contribution in [1.82, 2.24) is 19.8 Å². The quantitative estimate of drug-likeness (QED) is 0.627. The summed E-state index contributed by atoms with van der Waals surface area (Å²) in [6, 6.07) is 6.90. The van der Waals surface area contributed by atoms with Gasteiger partial charge >= 0.3 is 12.1 Å². The molecule has 184 valence electrons. The van der Waals surface area contributed by atoms with E-state index < -0.39 is 17.8 Å². The summed E-state index contributed by atoms with van der Waals surface area (Å²) in [5.74, 6) is -0.813. The lowest BCUT2D eigenvalue weighted by Gasteiger charge is -2.38. The molecule has 8 nitrogen and oxygen atoms in total. The lowest BCUT2D eigenvalue weighted by atomic mass is 10.0. The van der Waals surface area contributed by atoms with E-state index in [0.29, 0.717) is 18.4 Å². The summed E-state index contributed by atoms with van der Waals surface area (Å²) in [5.41, 5.74) is 0.378. The third-order valence-corrected chi connectivity index (χ3v) is 6.18. The predicted molar refractivity (Wildman–Crippen MR) is 119 cm³/mol. The molecule has 2 atom stereocenters. The van der Waals surface area contributed by atoms with Crippen LogP contribution in [0.15, 0.2) is 36.7 Å². The summed E-state index contributed by atoms with van der Waals surface area (Å²) in [5, 5.41) is 12.0. The van der Waals surface area contributed by atoms with Crippen LogP contribution in [0.2, 0.25) is 0 Å². The molecule has 1 aromatic heterocycles. The zero-order valence-corrected chi connectivity index (χ0v) is 18.7. The summed E-state index contributed by atoms with van der Waals surface area (Å²) >= 11 is 0.